The zero-order chi connectivity index (χ0) is 27.0. The molecule has 0 spiro atoms. The van der Waals surface area contributed by atoms with Crippen molar-refractivity contribution in [3.8, 4) is 0 Å². The Kier molecular flexibility index (Phi) is 10.1. The van der Waals surface area contributed by atoms with Gasteiger partial charge in [0.2, 0.25) is 11.8 Å². The highest BCUT2D eigenvalue weighted by Crippen LogP contribution is 2.27. The number of amides is 3. The molecule has 36 heavy (non-hydrogen) atoms. The highest BCUT2D eigenvalue weighted by molar-refractivity contribution is 5.92. The van der Waals surface area contributed by atoms with Crippen LogP contribution in [0.3, 0.4) is 0 Å². The molecule has 2 N–H and O–H groups in total. The molecule has 0 fully saturated rings. The average Bonchev–Trinajstić information content (AvgIpc) is 2.76. The molecule has 2 aromatic carbocycles. The Morgan fingerprint density at radius 2 is 1.61 bits per heavy atom. The third kappa shape index (κ3) is 8.40. The van der Waals surface area contributed by atoms with Crippen molar-refractivity contribution in [2.75, 3.05) is 6.54 Å². The van der Waals surface area contributed by atoms with Gasteiger partial charge in [-0.15, -0.1) is 0 Å². The number of alkyl carbamates (subject to hydrolysis) is 1. The molecule has 0 heterocycles. The quantitative estimate of drug-likeness (QED) is 0.520. The average molecular weight is 496 g/mol. The summed E-state index contributed by atoms with van der Waals surface area (Å²) in [4.78, 5) is 41.8. The summed E-state index contributed by atoms with van der Waals surface area (Å²) < 4.78 is 5.45. The zero-order valence-corrected chi connectivity index (χ0v) is 22.8. The Hall–Kier alpha value is -3.35. The van der Waals surface area contributed by atoms with Gasteiger partial charge < -0.3 is 20.3 Å². The fourth-order valence-corrected chi connectivity index (χ4v) is 4.11. The number of carbonyl (C=O) groups is 3. The smallest absolute Gasteiger partial charge is 0.408 e. The van der Waals surface area contributed by atoms with Crippen molar-refractivity contribution in [2.24, 2.45) is 0 Å². The molecule has 0 saturated carbocycles. The lowest BCUT2D eigenvalue weighted by atomic mass is 9.95. The summed E-state index contributed by atoms with van der Waals surface area (Å²) in [6, 6.07) is 13.5. The van der Waals surface area contributed by atoms with Crippen LogP contribution < -0.4 is 10.6 Å². The van der Waals surface area contributed by atoms with Gasteiger partial charge in [-0.3, -0.25) is 9.59 Å². The van der Waals surface area contributed by atoms with E-state index in [0.717, 1.165) is 22.3 Å². The number of ether oxygens (including phenoxy) is 1. The zero-order valence-electron chi connectivity index (χ0n) is 22.8. The normalized spacial score (nSPS) is 13.0. The lowest BCUT2D eigenvalue weighted by Gasteiger charge is -2.35. The Morgan fingerprint density at radius 1 is 0.972 bits per heavy atom. The largest absolute Gasteiger partial charge is 0.444 e. The van der Waals surface area contributed by atoms with E-state index in [-0.39, 0.29) is 30.8 Å². The first-order valence-electron chi connectivity index (χ1n) is 12.5. The minimum atomic E-state index is -0.915. The summed E-state index contributed by atoms with van der Waals surface area (Å²) >= 11 is 0. The molecule has 7 heteroatoms. The number of likely N-dealkylation sites (N-methyl/N-ethyl adjacent to an activating group) is 1. The van der Waals surface area contributed by atoms with Crippen LogP contribution in [-0.2, 0) is 20.7 Å². The lowest BCUT2D eigenvalue weighted by molar-refractivity contribution is -0.142. The van der Waals surface area contributed by atoms with Crippen molar-refractivity contribution >= 4 is 17.9 Å². The SMILES string of the molecule is CCN(C(=O)C(Cc1ccccc1)NC(=O)OC(C)(C)C)C(C(=O)NC(C)C)c1ccc(C)cc1C. The van der Waals surface area contributed by atoms with Gasteiger partial charge in [0.1, 0.15) is 17.7 Å². The molecule has 2 unspecified atom stereocenters. The molecular weight excluding hydrogens is 454 g/mol. The van der Waals surface area contributed by atoms with E-state index < -0.39 is 23.8 Å². The van der Waals surface area contributed by atoms with Crippen LogP contribution in [-0.4, -0.2) is 47.0 Å². The molecule has 0 bridgehead atoms. The van der Waals surface area contributed by atoms with Crippen molar-refractivity contribution in [2.45, 2.75) is 85.5 Å². The topological polar surface area (TPSA) is 87.7 Å². The van der Waals surface area contributed by atoms with Gasteiger partial charge in [-0.2, -0.15) is 0 Å². The molecule has 0 saturated heterocycles. The first kappa shape index (κ1) is 28.9. The molecular formula is C29H41N3O4. The van der Waals surface area contributed by atoms with E-state index in [1.807, 2.05) is 83.1 Å². The molecule has 7 nitrogen and oxygen atoms in total. The monoisotopic (exact) mass is 495 g/mol. The summed E-state index contributed by atoms with van der Waals surface area (Å²) in [5.41, 5.74) is 2.92. The standard InChI is InChI=1S/C29H41N3O4/c1-9-32(25(26(33)30-19(2)3)23-16-15-20(4)17-21(23)5)27(34)24(18-22-13-11-10-12-14-22)31-28(35)36-29(6,7)8/h10-17,19,24-25H,9,18H2,1-8H3,(H,30,33)(H,31,35). The van der Waals surface area contributed by atoms with E-state index in [9.17, 15) is 14.4 Å². The second kappa shape index (κ2) is 12.6. The fraction of sp³-hybridized carbons (Fsp3) is 0.483. The van der Waals surface area contributed by atoms with Gasteiger partial charge >= 0.3 is 6.09 Å². The first-order chi connectivity index (χ1) is 16.8. The van der Waals surface area contributed by atoms with Crippen LogP contribution in [0.15, 0.2) is 48.5 Å². The Balaban J connectivity index is 2.50. The van der Waals surface area contributed by atoms with Gasteiger partial charge in [0.25, 0.3) is 0 Å². The van der Waals surface area contributed by atoms with Crippen LogP contribution >= 0.6 is 0 Å². The van der Waals surface area contributed by atoms with Gasteiger partial charge in [-0.05, 0) is 72.1 Å². The first-order valence-corrected chi connectivity index (χ1v) is 12.5. The number of benzene rings is 2. The Bertz CT molecular complexity index is 1040. The highest BCUT2D eigenvalue weighted by atomic mass is 16.6. The maximum atomic E-state index is 14.0. The molecule has 0 aromatic heterocycles. The fourth-order valence-electron chi connectivity index (χ4n) is 4.11. The van der Waals surface area contributed by atoms with Gasteiger partial charge in [-0.1, -0.05) is 54.1 Å². The van der Waals surface area contributed by atoms with Gasteiger partial charge in [0.05, 0.1) is 0 Å². The number of hydrogen-bond acceptors (Lipinski definition) is 4. The number of rotatable bonds is 9. The van der Waals surface area contributed by atoms with Crippen LogP contribution in [0.5, 0.6) is 0 Å². The molecule has 0 radical (unpaired) electrons. The molecule has 2 atom stereocenters. The summed E-state index contributed by atoms with van der Waals surface area (Å²) in [5, 5.41) is 5.73. The number of hydrogen-bond donors (Lipinski definition) is 2. The van der Waals surface area contributed by atoms with Gasteiger partial charge in [0, 0.05) is 19.0 Å². The second-order valence-electron chi connectivity index (χ2n) is 10.4. The highest BCUT2D eigenvalue weighted by Gasteiger charge is 2.36. The lowest BCUT2D eigenvalue weighted by Crippen LogP contribution is -2.54. The van der Waals surface area contributed by atoms with E-state index >= 15 is 0 Å². The van der Waals surface area contributed by atoms with Crippen LogP contribution in [0.1, 0.15) is 69.8 Å². The summed E-state index contributed by atoms with van der Waals surface area (Å²) in [7, 11) is 0. The molecule has 2 aromatic rings. The number of nitrogens with one attached hydrogen (secondary N) is 2. The van der Waals surface area contributed by atoms with Crippen LogP contribution in [0.2, 0.25) is 0 Å². The van der Waals surface area contributed by atoms with Crippen LogP contribution in [0.25, 0.3) is 0 Å². The molecule has 3 amide bonds. The van der Waals surface area contributed by atoms with Gasteiger partial charge in [-0.25, -0.2) is 4.79 Å². The van der Waals surface area contributed by atoms with Gasteiger partial charge in [0.15, 0.2) is 0 Å². The van der Waals surface area contributed by atoms with E-state index in [1.54, 1.807) is 25.7 Å². The number of carbonyl (C=O) groups excluding carboxylic acids is 3. The number of aryl methyl sites for hydroxylation is 2. The van der Waals surface area contributed by atoms with E-state index in [2.05, 4.69) is 10.6 Å². The summed E-state index contributed by atoms with van der Waals surface area (Å²) in [6.45, 7) is 15.1. The second-order valence-corrected chi connectivity index (χ2v) is 10.4. The van der Waals surface area contributed by atoms with E-state index in [4.69, 9.17) is 4.74 Å². The van der Waals surface area contributed by atoms with E-state index in [1.165, 1.54) is 0 Å². The molecule has 0 aliphatic carbocycles. The van der Waals surface area contributed by atoms with Crippen LogP contribution in [0, 0.1) is 13.8 Å². The third-order valence-electron chi connectivity index (χ3n) is 5.61. The maximum Gasteiger partial charge on any atom is 0.408 e. The summed E-state index contributed by atoms with van der Waals surface area (Å²) in [6.07, 6.45) is -0.414. The third-order valence-corrected chi connectivity index (χ3v) is 5.61. The predicted octanol–water partition coefficient (Wildman–Crippen LogP) is 4.85. The summed E-state index contributed by atoms with van der Waals surface area (Å²) in [5.74, 6) is -0.612. The van der Waals surface area contributed by atoms with Crippen molar-refractivity contribution in [3.63, 3.8) is 0 Å². The van der Waals surface area contributed by atoms with Crippen molar-refractivity contribution in [1.82, 2.24) is 15.5 Å². The maximum absolute atomic E-state index is 14.0. The van der Waals surface area contributed by atoms with Crippen molar-refractivity contribution < 1.29 is 19.1 Å². The minimum Gasteiger partial charge on any atom is -0.444 e. The van der Waals surface area contributed by atoms with Crippen LogP contribution in [0.4, 0.5) is 4.79 Å². The van der Waals surface area contributed by atoms with Crippen molar-refractivity contribution in [1.29, 1.82) is 0 Å². The molecule has 0 aliphatic heterocycles. The minimum absolute atomic E-state index is 0.0976. The Morgan fingerprint density at radius 3 is 2.14 bits per heavy atom. The molecule has 2 rings (SSSR count). The van der Waals surface area contributed by atoms with Crippen molar-refractivity contribution in [3.05, 3.63) is 70.8 Å². The number of nitrogens with zero attached hydrogens (tertiary/aromatic N) is 1. The molecule has 0 aliphatic rings. The van der Waals surface area contributed by atoms with E-state index in [0.29, 0.717) is 0 Å². The molecule has 196 valence electrons. The Labute approximate surface area is 215 Å². The predicted molar refractivity (Wildman–Crippen MR) is 143 cm³/mol.